The molecule has 0 aliphatic heterocycles. The fraction of sp³-hybridized carbons (Fsp3) is 0.125. The zero-order valence-corrected chi connectivity index (χ0v) is 11.4. The van der Waals surface area contributed by atoms with E-state index in [0.29, 0.717) is 11.3 Å². The molecule has 0 aliphatic rings. The molecule has 1 heterocycles. The molecule has 1 aromatic heterocycles. The minimum atomic E-state index is -0.392. The summed E-state index contributed by atoms with van der Waals surface area (Å²) in [7, 11) is 1.90. The van der Waals surface area contributed by atoms with Gasteiger partial charge in [0.2, 0.25) is 0 Å². The number of benzene rings is 2. The predicted octanol–water partition coefficient (Wildman–Crippen LogP) is 2.86. The van der Waals surface area contributed by atoms with Crippen LogP contribution in [0.15, 0.2) is 48.8 Å². The van der Waals surface area contributed by atoms with Gasteiger partial charge in [0.1, 0.15) is 11.6 Å². The Labute approximate surface area is 120 Å². The molecule has 0 aliphatic carbocycles. The lowest BCUT2D eigenvalue weighted by molar-refractivity contribution is -0.133. The normalized spacial score (nSPS) is 10.8. The van der Waals surface area contributed by atoms with Crippen LogP contribution in [-0.4, -0.2) is 15.5 Å². The third-order valence-electron chi connectivity index (χ3n) is 3.19. The SMILES string of the molecule is Cn1cnc2cc(OC(=O)Cc3ccc(F)cc3)ccc21. The molecule has 0 spiro atoms. The number of aromatic nitrogens is 2. The van der Waals surface area contributed by atoms with Crippen molar-refractivity contribution in [3.05, 3.63) is 60.2 Å². The van der Waals surface area contributed by atoms with Crippen molar-refractivity contribution in [1.29, 1.82) is 0 Å². The molecule has 0 fully saturated rings. The third-order valence-corrected chi connectivity index (χ3v) is 3.19. The summed E-state index contributed by atoms with van der Waals surface area (Å²) in [5.41, 5.74) is 2.44. The molecule has 5 heteroatoms. The van der Waals surface area contributed by atoms with Gasteiger partial charge in [-0.05, 0) is 29.8 Å². The van der Waals surface area contributed by atoms with E-state index in [1.54, 1.807) is 30.6 Å². The van der Waals surface area contributed by atoms with Gasteiger partial charge in [-0.3, -0.25) is 4.79 Å². The van der Waals surface area contributed by atoms with Crippen molar-refractivity contribution in [2.24, 2.45) is 7.05 Å². The number of fused-ring (bicyclic) bond motifs is 1. The number of carbonyl (C=O) groups is 1. The van der Waals surface area contributed by atoms with Crippen LogP contribution >= 0.6 is 0 Å². The highest BCUT2D eigenvalue weighted by Gasteiger charge is 2.08. The average molecular weight is 284 g/mol. The highest BCUT2D eigenvalue weighted by Crippen LogP contribution is 2.19. The molecule has 0 saturated heterocycles. The first-order valence-corrected chi connectivity index (χ1v) is 6.48. The molecular weight excluding hydrogens is 271 g/mol. The van der Waals surface area contributed by atoms with Gasteiger partial charge in [0.15, 0.2) is 0 Å². The summed E-state index contributed by atoms with van der Waals surface area (Å²) >= 11 is 0. The van der Waals surface area contributed by atoms with Crippen LogP contribution in [0.1, 0.15) is 5.56 Å². The Balaban J connectivity index is 1.72. The summed E-state index contributed by atoms with van der Waals surface area (Å²) in [6, 6.07) is 11.1. The summed E-state index contributed by atoms with van der Waals surface area (Å²) in [4.78, 5) is 16.1. The Morgan fingerprint density at radius 1 is 1.24 bits per heavy atom. The summed E-state index contributed by atoms with van der Waals surface area (Å²) in [5, 5.41) is 0. The molecular formula is C16H13FN2O2. The van der Waals surface area contributed by atoms with Gasteiger partial charge in [0, 0.05) is 13.1 Å². The number of hydrogen-bond acceptors (Lipinski definition) is 3. The quantitative estimate of drug-likeness (QED) is 0.548. The molecule has 0 atom stereocenters. The molecule has 2 aromatic carbocycles. The Bertz CT molecular complexity index is 794. The molecule has 0 unspecified atom stereocenters. The van der Waals surface area contributed by atoms with Crippen molar-refractivity contribution >= 4 is 17.0 Å². The summed E-state index contributed by atoms with van der Waals surface area (Å²) < 4.78 is 20.0. The Morgan fingerprint density at radius 2 is 2.00 bits per heavy atom. The molecule has 21 heavy (non-hydrogen) atoms. The number of nitrogens with zero attached hydrogens (tertiary/aromatic N) is 2. The molecule has 106 valence electrons. The maximum atomic E-state index is 12.8. The summed E-state index contributed by atoms with van der Waals surface area (Å²) in [6.45, 7) is 0. The summed E-state index contributed by atoms with van der Waals surface area (Å²) in [6.07, 6.45) is 1.80. The molecule has 3 aromatic rings. The van der Waals surface area contributed by atoms with Gasteiger partial charge in [-0.2, -0.15) is 0 Å². The van der Waals surface area contributed by atoms with E-state index < -0.39 is 5.97 Å². The van der Waals surface area contributed by atoms with Crippen molar-refractivity contribution in [1.82, 2.24) is 9.55 Å². The van der Waals surface area contributed by atoms with Crippen molar-refractivity contribution < 1.29 is 13.9 Å². The average Bonchev–Trinajstić information content (AvgIpc) is 2.82. The number of carbonyl (C=O) groups excluding carboxylic acids is 1. The Kier molecular flexibility index (Phi) is 3.39. The number of esters is 1. The van der Waals surface area contributed by atoms with Crippen LogP contribution in [0, 0.1) is 5.82 Å². The van der Waals surface area contributed by atoms with E-state index in [0.717, 1.165) is 11.0 Å². The highest BCUT2D eigenvalue weighted by molar-refractivity contribution is 5.80. The number of aryl methyl sites for hydroxylation is 1. The second-order valence-corrected chi connectivity index (χ2v) is 4.78. The number of ether oxygens (including phenoxy) is 1. The van der Waals surface area contributed by atoms with Gasteiger partial charge in [0.25, 0.3) is 0 Å². The zero-order valence-electron chi connectivity index (χ0n) is 11.4. The van der Waals surface area contributed by atoms with Gasteiger partial charge in [0.05, 0.1) is 23.8 Å². The first kappa shape index (κ1) is 13.3. The lowest BCUT2D eigenvalue weighted by Gasteiger charge is -2.05. The van der Waals surface area contributed by atoms with Crippen LogP contribution in [0.5, 0.6) is 5.75 Å². The minimum Gasteiger partial charge on any atom is -0.426 e. The third kappa shape index (κ3) is 2.91. The first-order chi connectivity index (χ1) is 10.1. The monoisotopic (exact) mass is 284 g/mol. The predicted molar refractivity (Wildman–Crippen MR) is 76.5 cm³/mol. The lowest BCUT2D eigenvalue weighted by atomic mass is 10.1. The number of hydrogen-bond donors (Lipinski definition) is 0. The van der Waals surface area contributed by atoms with Crippen LogP contribution in [0.4, 0.5) is 4.39 Å². The standard InChI is InChI=1S/C16H13FN2O2/c1-19-10-18-14-9-13(6-7-15(14)19)21-16(20)8-11-2-4-12(17)5-3-11/h2-7,9-10H,8H2,1H3. The van der Waals surface area contributed by atoms with E-state index >= 15 is 0 Å². The fourth-order valence-electron chi connectivity index (χ4n) is 2.12. The van der Waals surface area contributed by atoms with E-state index in [-0.39, 0.29) is 12.2 Å². The number of imidazole rings is 1. The molecule has 0 radical (unpaired) electrons. The van der Waals surface area contributed by atoms with Crippen molar-refractivity contribution in [3.8, 4) is 5.75 Å². The smallest absolute Gasteiger partial charge is 0.315 e. The molecule has 0 saturated carbocycles. The lowest BCUT2D eigenvalue weighted by Crippen LogP contribution is -2.11. The minimum absolute atomic E-state index is 0.0978. The second-order valence-electron chi connectivity index (χ2n) is 4.78. The first-order valence-electron chi connectivity index (χ1n) is 6.48. The zero-order chi connectivity index (χ0) is 14.8. The van der Waals surface area contributed by atoms with Crippen LogP contribution in [0.25, 0.3) is 11.0 Å². The topological polar surface area (TPSA) is 44.1 Å². The van der Waals surface area contributed by atoms with Crippen molar-refractivity contribution in [2.75, 3.05) is 0 Å². The second kappa shape index (κ2) is 5.36. The summed E-state index contributed by atoms with van der Waals surface area (Å²) in [5.74, 6) is -0.266. The van der Waals surface area contributed by atoms with Crippen molar-refractivity contribution in [3.63, 3.8) is 0 Å². The van der Waals surface area contributed by atoms with E-state index in [1.807, 2.05) is 17.7 Å². The molecule has 4 nitrogen and oxygen atoms in total. The van der Waals surface area contributed by atoms with E-state index in [1.165, 1.54) is 12.1 Å². The molecule has 0 N–H and O–H groups in total. The Hall–Kier alpha value is -2.69. The molecule has 0 bridgehead atoms. The number of halogens is 1. The van der Waals surface area contributed by atoms with E-state index in [4.69, 9.17) is 4.74 Å². The van der Waals surface area contributed by atoms with E-state index in [9.17, 15) is 9.18 Å². The fourth-order valence-corrected chi connectivity index (χ4v) is 2.12. The van der Waals surface area contributed by atoms with Gasteiger partial charge in [-0.15, -0.1) is 0 Å². The van der Waals surface area contributed by atoms with Gasteiger partial charge in [-0.25, -0.2) is 9.37 Å². The van der Waals surface area contributed by atoms with Crippen molar-refractivity contribution in [2.45, 2.75) is 6.42 Å². The highest BCUT2D eigenvalue weighted by atomic mass is 19.1. The van der Waals surface area contributed by atoms with Gasteiger partial charge in [-0.1, -0.05) is 12.1 Å². The molecule has 0 amide bonds. The van der Waals surface area contributed by atoms with Gasteiger partial charge >= 0.3 is 5.97 Å². The number of rotatable bonds is 3. The van der Waals surface area contributed by atoms with Crippen LogP contribution in [0.2, 0.25) is 0 Å². The largest absolute Gasteiger partial charge is 0.426 e. The van der Waals surface area contributed by atoms with Crippen LogP contribution < -0.4 is 4.74 Å². The van der Waals surface area contributed by atoms with Crippen LogP contribution in [-0.2, 0) is 18.3 Å². The molecule has 3 rings (SSSR count). The van der Waals surface area contributed by atoms with Gasteiger partial charge < -0.3 is 9.30 Å². The van der Waals surface area contributed by atoms with E-state index in [2.05, 4.69) is 4.98 Å². The Morgan fingerprint density at radius 3 is 2.76 bits per heavy atom. The van der Waals surface area contributed by atoms with Crippen LogP contribution in [0.3, 0.4) is 0 Å². The maximum absolute atomic E-state index is 12.8. The maximum Gasteiger partial charge on any atom is 0.315 e.